The molecule has 1 heterocycles. The van der Waals surface area contributed by atoms with E-state index >= 15 is 0 Å². The third-order valence-electron chi connectivity index (χ3n) is 3.96. The second-order valence-corrected chi connectivity index (χ2v) is 8.96. The summed E-state index contributed by atoms with van der Waals surface area (Å²) >= 11 is 15.6. The van der Waals surface area contributed by atoms with Crippen molar-refractivity contribution in [2.24, 2.45) is 0 Å². The monoisotopic (exact) mass is 536 g/mol. The van der Waals surface area contributed by atoms with Crippen LogP contribution < -0.4 is 14.9 Å². The van der Waals surface area contributed by atoms with Crippen LogP contribution in [-0.4, -0.2) is 34.9 Å². The number of hydrazine groups is 1. The van der Waals surface area contributed by atoms with Gasteiger partial charge in [0.25, 0.3) is 11.8 Å². The molecule has 2 aromatic rings. The molecule has 1 fully saturated rings. The number of nitrogens with one attached hydrogen (secondary N) is 1. The van der Waals surface area contributed by atoms with Gasteiger partial charge in [0.15, 0.2) is 15.8 Å². The van der Waals surface area contributed by atoms with Crippen LogP contribution in [0, 0.1) is 12.3 Å². The van der Waals surface area contributed by atoms with Crippen molar-refractivity contribution < 1.29 is 19.1 Å². The zero-order chi connectivity index (χ0) is 22.5. The van der Waals surface area contributed by atoms with Gasteiger partial charge in [-0.15, -0.1) is 6.42 Å². The highest BCUT2D eigenvalue weighted by atomic mass is 79.9. The highest BCUT2D eigenvalue weighted by Gasteiger charge is 2.34. The normalized spacial score (nSPS) is 14.5. The summed E-state index contributed by atoms with van der Waals surface area (Å²) in [6.45, 7) is 0.0836. The van der Waals surface area contributed by atoms with E-state index < -0.39 is 11.8 Å². The fourth-order valence-electron chi connectivity index (χ4n) is 2.56. The molecule has 1 N–H and O–H groups in total. The van der Waals surface area contributed by atoms with Crippen molar-refractivity contribution in [2.45, 2.75) is 0 Å². The minimum Gasteiger partial charge on any atom is -0.493 e. The molecule has 0 aromatic heterocycles. The van der Waals surface area contributed by atoms with Crippen molar-refractivity contribution >= 4 is 73.7 Å². The molecule has 2 aromatic carbocycles. The van der Waals surface area contributed by atoms with Gasteiger partial charge in [-0.25, -0.2) is 0 Å². The van der Waals surface area contributed by atoms with Crippen LogP contribution in [-0.2, 0) is 4.79 Å². The Balaban J connectivity index is 1.81. The first-order valence-electron chi connectivity index (χ1n) is 8.62. The van der Waals surface area contributed by atoms with E-state index in [4.69, 9.17) is 39.7 Å². The number of thioether (sulfide) groups is 1. The molecule has 1 aliphatic heterocycles. The first kappa shape index (κ1) is 23.2. The summed E-state index contributed by atoms with van der Waals surface area (Å²) in [5.41, 5.74) is 3.54. The molecule has 10 heteroatoms. The number of nitrogens with zero attached hydrogens (tertiary/aromatic N) is 1. The molecule has 0 saturated carbocycles. The van der Waals surface area contributed by atoms with Gasteiger partial charge in [0.05, 0.1) is 16.5 Å². The Morgan fingerprint density at radius 1 is 1.39 bits per heavy atom. The molecule has 0 radical (unpaired) electrons. The molecule has 2 amide bonds. The van der Waals surface area contributed by atoms with E-state index in [0.717, 1.165) is 16.8 Å². The Labute approximate surface area is 202 Å². The Kier molecular flexibility index (Phi) is 7.62. The van der Waals surface area contributed by atoms with E-state index in [-0.39, 0.29) is 10.9 Å². The third kappa shape index (κ3) is 5.40. The van der Waals surface area contributed by atoms with Gasteiger partial charge in [0, 0.05) is 10.6 Å². The fourth-order valence-corrected chi connectivity index (χ4v) is 4.44. The van der Waals surface area contributed by atoms with Crippen LogP contribution in [0.25, 0.3) is 6.08 Å². The quantitative estimate of drug-likeness (QED) is 0.328. The molecule has 0 unspecified atom stereocenters. The van der Waals surface area contributed by atoms with Gasteiger partial charge >= 0.3 is 0 Å². The number of carbonyl (C=O) groups excluding carboxylic acids is 2. The van der Waals surface area contributed by atoms with E-state index in [2.05, 4.69) is 27.3 Å². The number of ether oxygens (including phenoxy) is 2. The van der Waals surface area contributed by atoms with Crippen molar-refractivity contribution in [3.63, 3.8) is 0 Å². The number of hydrogen-bond donors (Lipinski definition) is 1. The highest BCUT2D eigenvalue weighted by Crippen LogP contribution is 2.39. The van der Waals surface area contributed by atoms with Gasteiger partial charge < -0.3 is 9.47 Å². The summed E-state index contributed by atoms with van der Waals surface area (Å²) in [7, 11) is 1.50. The number of halogens is 2. The van der Waals surface area contributed by atoms with Crippen LogP contribution in [0.4, 0.5) is 0 Å². The Morgan fingerprint density at radius 3 is 2.74 bits per heavy atom. The summed E-state index contributed by atoms with van der Waals surface area (Å²) in [5, 5.41) is 1.54. The molecule has 0 spiro atoms. The summed E-state index contributed by atoms with van der Waals surface area (Å²) in [5.74, 6) is 2.38. The van der Waals surface area contributed by atoms with Crippen molar-refractivity contribution in [1.82, 2.24) is 10.4 Å². The first-order valence-corrected chi connectivity index (χ1v) is 11.0. The Hall–Kier alpha value is -2.51. The Bertz CT molecular complexity index is 1130. The van der Waals surface area contributed by atoms with E-state index in [9.17, 15) is 9.59 Å². The van der Waals surface area contributed by atoms with Gasteiger partial charge in [-0.05, 0) is 76.2 Å². The maximum absolute atomic E-state index is 12.8. The molecule has 0 bridgehead atoms. The number of terminal acetylenes is 1. The number of thiocarbonyl (C=S) groups is 1. The van der Waals surface area contributed by atoms with Crippen LogP contribution in [0.2, 0.25) is 5.02 Å². The number of amides is 2. The molecule has 3 rings (SSSR count). The average molecular weight is 538 g/mol. The summed E-state index contributed by atoms with van der Waals surface area (Å²) in [4.78, 5) is 25.6. The number of methoxy groups -OCH3 is 1. The van der Waals surface area contributed by atoms with E-state index in [1.54, 1.807) is 42.5 Å². The first-order chi connectivity index (χ1) is 14.8. The second-order valence-electron chi connectivity index (χ2n) is 5.99. The minimum atomic E-state index is -0.478. The van der Waals surface area contributed by atoms with E-state index in [1.165, 1.54) is 7.11 Å². The smallest absolute Gasteiger partial charge is 0.285 e. The van der Waals surface area contributed by atoms with Gasteiger partial charge in [-0.1, -0.05) is 29.3 Å². The van der Waals surface area contributed by atoms with Crippen molar-refractivity contribution in [3.05, 3.63) is 61.9 Å². The molecular weight excluding hydrogens is 524 g/mol. The van der Waals surface area contributed by atoms with Crippen LogP contribution in [0.3, 0.4) is 0 Å². The molecule has 1 aliphatic rings. The summed E-state index contributed by atoms with van der Waals surface area (Å²) in [6, 6.07) is 9.74. The van der Waals surface area contributed by atoms with Crippen LogP contribution in [0.5, 0.6) is 11.5 Å². The summed E-state index contributed by atoms with van der Waals surface area (Å²) in [6.07, 6.45) is 6.89. The lowest BCUT2D eigenvalue weighted by Crippen LogP contribution is -2.44. The SMILES string of the molecule is C#CCOc1c(Br)cc(/C=C2\SC(=S)N(NC(=O)c3ccc(Cl)cc3)C2=O)cc1OC. The molecule has 31 heavy (non-hydrogen) atoms. The topological polar surface area (TPSA) is 67.9 Å². The van der Waals surface area contributed by atoms with Gasteiger partial charge in [0.1, 0.15) is 6.61 Å². The van der Waals surface area contributed by atoms with Gasteiger partial charge in [0.2, 0.25) is 0 Å². The van der Waals surface area contributed by atoms with Crippen molar-refractivity contribution in [1.29, 1.82) is 0 Å². The standard InChI is InChI=1S/C21H14BrClN2O4S2/c1-3-8-29-18-15(22)9-12(10-16(18)28-2)11-17-20(27)25(21(30)31-17)24-19(26)13-4-6-14(23)7-5-13/h1,4-7,9-11H,8H2,2H3,(H,24,26)/b17-11-. The largest absolute Gasteiger partial charge is 0.493 e. The van der Waals surface area contributed by atoms with E-state index in [1.807, 2.05) is 0 Å². The zero-order valence-electron chi connectivity index (χ0n) is 16.0. The second kappa shape index (κ2) is 10.2. The molecule has 0 atom stereocenters. The van der Waals surface area contributed by atoms with Crippen molar-refractivity contribution in [2.75, 3.05) is 13.7 Å². The maximum Gasteiger partial charge on any atom is 0.285 e. The number of hydrogen-bond acceptors (Lipinski definition) is 6. The molecular formula is C21H14BrClN2O4S2. The van der Waals surface area contributed by atoms with Gasteiger partial charge in [-0.2, -0.15) is 5.01 Å². The highest BCUT2D eigenvalue weighted by molar-refractivity contribution is 9.10. The molecule has 6 nitrogen and oxygen atoms in total. The van der Waals surface area contributed by atoms with Crippen LogP contribution in [0.1, 0.15) is 15.9 Å². The fraction of sp³-hybridized carbons (Fsp3) is 0.0952. The lowest BCUT2D eigenvalue weighted by atomic mass is 10.2. The Morgan fingerprint density at radius 2 is 2.10 bits per heavy atom. The van der Waals surface area contributed by atoms with Crippen LogP contribution in [0.15, 0.2) is 45.8 Å². The van der Waals surface area contributed by atoms with Crippen molar-refractivity contribution in [3.8, 4) is 23.8 Å². The maximum atomic E-state index is 12.8. The molecule has 0 aliphatic carbocycles. The third-order valence-corrected chi connectivity index (χ3v) is 6.11. The zero-order valence-corrected chi connectivity index (χ0v) is 20.0. The van der Waals surface area contributed by atoms with E-state index in [0.29, 0.717) is 37.0 Å². The summed E-state index contributed by atoms with van der Waals surface area (Å²) < 4.78 is 11.7. The lowest BCUT2D eigenvalue weighted by molar-refractivity contribution is -0.123. The van der Waals surface area contributed by atoms with Crippen LogP contribution >= 0.6 is 51.5 Å². The lowest BCUT2D eigenvalue weighted by Gasteiger charge is -2.15. The number of benzene rings is 2. The molecule has 158 valence electrons. The average Bonchev–Trinajstić information content (AvgIpc) is 3.00. The predicted molar refractivity (Wildman–Crippen MR) is 129 cm³/mol. The number of rotatable bonds is 6. The minimum absolute atomic E-state index is 0.0836. The molecule has 1 saturated heterocycles. The van der Waals surface area contributed by atoms with Gasteiger partial charge in [-0.3, -0.25) is 15.0 Å². The number of carbonyl (C=O) groups is 2. The predicted octanol–water partition coefficient (Wildman–Crippen LogP) is 4.67.